The van der Waals surface area contributed by atoms with E-state index in [2.05, 4.69) is 39.8 Å². The van der Waals surface area contributed by atoms with Crippen LogP contribution in [0.25, 0.3) is 0 Å². The minimum absolute atomic E-state index is 0.244. The number of benzene rings is 1. The van der Waals surface area contributed by atoms with Gasteiger partial charge in [0.25, 0.3) is 10.0 Å². The monoisotopic (exact) mass is 388 g/mol. The lowest BCUT2D eigenvalue weighted by molar-refractivity contribution is 0.598. The van der Waals surface area contributed by atoms with Crippen molar-refractivity contribution in [3.63, 3.8) is 0 Å². The molecule has 2 rings (SSSR count). The van der Waals surface area contributed by atoms with E-state index in [1.165, 1.54) is 11.3 Å². The summed E-state index contributed by atoms with van der Waals surface area (Å²) >= 11 is 4.45. The molecule has 0 spiro atoms. The molecule has 1 atom stereocenters. The van der Waals surface area contributed by atoms with Gasteiger partial charge >= 0.3 is 0 Å². The van der Waals surface area contributed by atoms with Gasteiger partial charge in [0.2, 0.25) is 0 Å². The molecule has 1 aromatic heterocycles. The van der Waals surface area contributed by atoms with E-state index in [9.17, 15) is 8.42 Å². The van der Waals surface area contributed by atoms with Gasteiger partial charge in [0.1, 0.15) is 4.21 Å². The smallest absolute Gasteiger partial charge is 0.271 e. The fourth-order valence-electron chi connectivity index (χ4n) is 1.91. The molecule has 1 unspecified atom stereocenters. The minimum atomic E-state index is -3.51. The topological polar surface area (TPSA) is 58.2 Å². The summed E-state index contributed by atoms with van der Waals surface area (Å²) < 4.78 is 28.1. The van der Waals surface area contributed by atoms with Gasteiger partial charge in [-0.1, -0.05) is 19.1 Å². The van der Waals surface area contributed by atoms with Crippen molar-refractivity contribution in [2.24, 2.45) is 0 Å². The lowest BCUT2D eigenvalue weighted by Gasteiger charge is -2.13. The van der Waals surface area contributed by atoms with Crippen molar-refractivity contribution >= 4 is 43.0 Å². The first-order valence-electron chi connectivity index (χ1n) is 6.54. The van der Waals surface area contributed by atoms with Crippen LogP contribution >= 0.6 is 27.3 Å². The minimum Gasteiger partial charge on any atom is -0.310 e. The van der Waals surface area contributed by atoms with E-state index in [1.54, 1.807) is 24.3 Å². The molecule has 0 amide bonds. The number of rotatable bonds is 6. The summed E-state index contributed by atoms with van der Waals surface area (Å²) in [4.78, 5) is 0. The molecular weight excluding hydrogens is 372 g/mol. The zero-order valence-electron chi connectivity index (χ0n) is 11.8. The molecular formula is C14H17BrN2O2S2. The van der Waals surface area contributed by atoms with Crippen LogP contribution < -0.4 is 10.0 Å². The fraction of sp³-hybridized carbons (Fsp3) is 0.286. The van der Waals surface area contributed by atoms with Crippen LogP contribution in [-0.2, 0) is 10.0 Å². The number of hydrogen-bond acceptors (Lipinski definition) is 4. The summed E-state index contributed by atoms with van der Waals surface area (Å²) in [7, 11) is -3.51. The maximum Gasteiger partial charge on any atom is 0.271 e. The summed E-state index contributed by atoms with van der Waals surface area (Å²) in [6.45, 7) is 5.02. The van der Waals surface area contributed by atoms with Gasteiger partial charge in [-0.25, -0.2) is 8.42 Å². The third-order valence-electron chi connectivity index (χ3n) is 2.99. The first-order chi connectivity index (χ1) is 9.92. The van der Waals surface area contributed by atoms with Gasteiger partial charge in [-0.05, 0) is 59.2 Å². The van der Waals surface area contributed by atoms with Gasteiger partial charge in [0.05, 0.1) is 3.79 Å². The Hall–Kier alpha value is -0.890. The zero-order chi connectivity index (χ0) is 15.5. The summed E-state index contributed by atoms with van der Waals surface area (Å²) in [6, 6.07) is 11.0. The second kappa shape index (κ2) is 6.91. The highest BCUT2D eigenvalue weighted by Gasteiger charge is 2.16. The molecule has 0 aliphatic carbocycles. The van der Waals surface area contributed by atoms with Crippen molar-refractivity contribution in [1.29, 1.82) is 0 Å². The Morgan fingerprint density at radius 3 is 2.38 bits per heavy atom. The summed E-state index contributed by atoms with van der Waals surface area (Å²) in [5.74, 6) is 0. The van der Waals surface area contributed by atoms with Crippen molar-refractivity contribution in [3.8, 4) is 0 Å². The van der Waals surface area contributed by atoms with Gasteiger partial charge in [0.15, 0.2) is 0 Å². The second-order valence-corrected chi connectivity index (χ2v) is 8.94. The molecule has 0 aliphatic heterocycles. The number of sulfonamides is 1. The lowest BCUT2D eigenvalue weighted by Crippen LogP contribution is -2.17. The van der Waals surface area contributed by atoms with Crippen LogP contribution in [0.15, 0.2) is 44.4 Å². The molecule has 0 saturated heterocycles. The van der Waals surface area contributed by atoms with Gasteiger partial charge in [-0.3, -0.25) is 4.72 Å². The summed E-state index contributed by atoms with van der Waals surface area (Å²) in [5, 5.41) is 3.32. The molecule has 4 nitrogen and oxygen atoms in total. The Morgan fingerprint density at radius 2 is 1.86 bits per heavy atom. The average molecular weight is 389 g/mol. The van der Waals surface area contributed by atoms with Crippen LogP contribution in [0.1, 0.15) is 25.5 Å². The van der Waals surface area contributed by atoms with Gasteiger partial charge in [0, 0.05) is 11.7 Å². The molecule has 21 heavy (non-hydrogen) atoms. The highest BCUT2D eigenvalue weighted by atomic mass is 79.9. The highest BCUT2D eigenvalue weighted by Crippen LogP contribution is 2.27. The molecule has 1 aromatic carbocycles. The molecule has 2 aromatic rings. The molecule has 0 fully saturated rings. The number of nitrogens with one attached hydrogen (secondary N) is 2. The van der Waals surface area contributed by atoms with Crippen molar-refractivity contribution in [2.45, 2.75) is 24.1 Å². The van der Waals surface area contributed by atoms with Crippen molar-refractivity contribution < 1.29 is 8.42 Å². The van der Waals surface area contributed by atoms with Gasteiger partial charge in [-0.15, -0.1) is 11.3 Å². The molecule has 0 bridgehead atoms. The summed E-state index contributed by atoms with van der Waals surface area (Å²) in [5.41, 5.74) is 1.69. The average Bonchev–Trinajstić information content (AvgIpc) is 2.87. The molecule has 0 aliphatic rings. The maximum absolute atomic E-state index is 12.2. The van der Waals surface area contributed by atoms with Crippen LogP contribution in [0.5, 0.6) is 0 Å². The van der Waals surface area contributed by atoms with Crippen LogP contribution in [0.2, 0.25) is 0 Å². The Balaban J connectivity index is 2.13. The van der Waals surface area contributed by atoms with E-state index in [4.69, 9.17) is 0 Å². The van der Waals surface area contributed by atoms with Gasteiger partial charge < -0.3 is 5.32 Å². The number of anilines is 1. The maximum atomic E-state index is 12.2. The Bertz CT molecular complexity index is 696. The standard InChI is InChI=1S/C14H17BrN2O2S2/c1-3-16-10(2)11-4-6-12(7-5-11)17-21(18,19)14-9-8-13(15)20-14/h4-10,16-17H,3H2,1-2H3. The fourth-order valence-corrected chi connectivity index (χ4v) is 4.98. The predicted molar refractivity (Wildman–Crippen MR) is 91.4 cm³/mol. The molecule has 0 saturated carbocycles. The van der Waals surface area contributed by atoms with E-state index >= 15 is 0 Å². The molecule has 1 heterocycles. The Morgan fingerprint density at radius 1 is 1.19 bits per heavy atom. The first kappa shape index (κ1) is 16.5. The Labute approximate surface area is 137 Å². The third-order valence-corrected chi connectivity index (χ3v) is 6.48. The van der Waals surface area contributed by atoms with Crippen molar-refractivity contribution in [2.75, 3.05) is 11.3 Å². The second-order valence-electron chi connectivity index (χ2n) is 4.57. The molecule has 114 valence electrons. The normalized spacial score (nSPS) is 13.1. The van der Waals surface area contributed by atoms with Crippen LogP contribution in [-0.4, -0.2) is 15.0 Å². The van der Waals surface area contributed by atoms with Crippen LogP contribution in [0, 0.1) is 0 Å². The largest absolute Gasteiger partial charge is 0.310 e. The van der Waals surface area contributed by atoms with Crippen molar-refractivity contribution in [3.05, 3.63) is 45.7 Å². The molecule has 2 N–H and O–H groups in total. The quantitative estimate of drug-likeness (QED) is 0.786. The first-order valence-corrected chi connectivity index (χ1v) is 9.63. The van der Waals surface area contributed by atoms with Crippen molar-refractivity contribution in [1.82, 2.24) is 5.32 Å². The highest BCUT2D eigenvalue weighted by molar-refractivity contribution is 9.11. The van der Waals surface area contributed by atoms with E-state index < -0.39 is 10.0 Å². The van der Waals surface area contributed by atoms with Crippen LogP contribution in [0.3, 0.4) is 0 Å². The molecule has 7 heteroatoms. The Kier molecular flexibility index (Phi) is 5.43. The predicted octanol–water partition coefficient (Wildman–Crippen LogP) is 3.98. The number of hydrogen-bond donors (Lipinski definition) is 2. The number of halogens is 1. The molecule has 0 radical (unpaired) electrons. The van der Waals surface area contributed by atoms with E-state index in [0.29, 0.717) is 9.90 Å². The lowest BCUT2D eigenvalue weighted by atomic mass is 10.1. The SMILES string of the molecule is CCNC(C)c1ccc(NS(=O)(=O)c2ccc(Br)s2)cc1. The van der Waals surface area contributed by atoms with E-state index in [1.807, 2.05) is 12.1 Å². The zero-order valence-corrected chi connectivity index (χ0v) is 15.0. The number of thiophene rings is 1. The third kappa shape index (κ3) is 4.29. The van der Waals surface area contributed by atoms with Gasteiger partial charge in [-0.2, -0.15) is 0 Å². The van der Waals surface area contributed by atoms with Crippen LogP contribution in [0.4, 0.5) is 5.69 Å². The van der Waals surface area contributed by atoms with E-state index in [-0.39, 0.29) is 6.04 Å². The van der Waals surface area contributed by atoms with E-state index in [0.717, 1.165) is 15.9 Å². The summed E-state index contributed by atoms with van der Waals surface area (Å²) in [6.07, 6.45) is 0.